The maximum Gasteiger partial charge on any atom is 0.239 e. The van der Waals surface area contributed by atoms with Gasteiger partial charge in [0.05, 0.1) is 6.04 Å². The van der Waals surface area contributed by atoms with E-state index in [1.54, 1.807) is 6.92 Å². The molecule has 1 aliphatic heterocycles. The van der Waals surface area contributed by atoms with E-state index in [9.17, 15) is 4.79 Å². The highest BCUT2D eigenvalue weighted by Gasteiger charge is 2.38. The molecule has 1 heterocycles. The van der Waals surface area contributed by atoms with Crippen molar-refractivity contribution in [1.29, 1.82) is 0 Å². The average Bonchev–Trinajstić information content (AvgIpc) is 2.29. The van der Waals surface area contributed by atoms with Crippen molar-refractivity contribution in [3.63, 3.8) is 0 Å². The first-order chi connectivity index (χ1) is 7.63. The van der Waals surface area contributed by atoms with E-state index in [1.165, 1.54) is 32.1 Å². The summed E-state index contributed by atoms with van der Waals surface area (Å²) < 4.78 is 0.362. The summed E-state index contributed by atoms with van der Waals surface area (Å²) in [6, 6.07) is -0.344. The summed E-state index contributed by atoms with van der Waals surface area (Å²) in [6.07, 6.45) is 6.57. The van der Waals surface area contributed by atoms with Crippen molar-refractivity contribution in [2.24, 2.45) is 5.73 Å². The van der Waals surface area contributed by atoms with E-state index in [0.29, 0.717) is 4.75 Å². The van der Waals surface area contributed by atoms with Crippen molar-refractivity contribution < 1.29 is 4.79 Å². The van der Waals surface area contributed by atoms with E-state index >= 15 is 0 Å². The lowest BCUT2D eigenvalue weighted by Crippen LogP contribution is -2.53. The van der Waals surface area contributed by atoms with Crippen LogP contribution in [0.25, 0.3) is 0 Å². The Balaban J connectivity index is 2.00. The zero-order valence-corrected chi connectivity index (χ0v) is 10.9. The number of carbonyl (C=O) groups is 1. The van der Waals surface area contributed by atoms with Gasteiger partial charge in [0.15, 0.2) is 0 Å². The smallest absolute Gasteiger partial charge is 0.239 e. The zero-order chi connectivity index (χ0) is 11.6. The van der Waals surface area contributed by atoms with Crippen LogP contribution in [0.3, 0.4) is 0 Å². The van der Waals surface area contributed by atoms with Gasteiger partial charge in [-0.25, -0.2) is 0 Å². The average molecular weight is 242 g/mol. The molecule has 1 spiro atoms. The maximum atomic E-state index is 11.9. The van der Waals surface area contributed by atoms with Crippen LogP contribution in [-0.4, -0.2) is 40.4 Å². The van der Waals surface area contributed by atoms with Crippen LogP contribution in [0.4, 0.5) is 0 Å². The number of amides is 1. The third-order valence-corrected chi connectivity index (χ3v) is 5.25. The molecule has 0 radical (unpaired) electrons. The van der Waals surface area contributed by atoms with E-state index in [-0.39, 0.29) is 11.9 Å². The second-order valence-corrected chi connectivity index (χ2v) is 6.70. The molecule has 1 atom stereocenters. The number of nitrogens with zero attached hydrogens (tertiary/aromatic N) is 1. The molecule has 0 aromatic heterocycles. The van der Waals surface area contributed by atoms with Gasteiger partial charge in [0.1, 0.15) is 0 Å². The van der Waals surface area contributed by atoms with E-state index in [1.807, 2.05) is 4.90 Å². The third-order valence-electron chi connectivity index (χ3n) is 3.71. The minimum Gasteiger partial charge on any atom is -0.339 e. The topological polar surface area (TPSA) is 46.3 Å². The number of carbonyl (C=O) groups excluding carboxylic acids is 1. The Kier molecular flexibility index (Phi) is 3.80. The summed E-state index contributed by atoms with van der Waals surface area (Å²) in [7, 11) is 0. The molecule has 1 saturated heterocycles. The Morgan fingerprint density at radius 2 is 2.06 bits per heavy atom. The summed E-state index contributed by atoms with van der Waals surface area (Å²) in [5, 5.41) is 0. The fourth-order valence-electron chi connectivity index (χ4n) is 2.82. The van der Waals surface area contributed by atoms with Gasteiger partial charge >= 0.3 is 0 Å². The van der Waals surface area contributed by atoms with Gasteiger partial charge in [0.2, 0.25) is 5.91 Å². The maximum absolute atomic E-state index is 11.9. The highest BCUT2D eigenvalue weighted by atomic mass is 32.2. The number of hydrogen-bond donors (Lipinski definition) is 1. The van der Waals surface area contributed by atoms with Crippen LogP contribution in [0.5, 0.6) is 0 Å². The van der Waals surface area contributed by atoms with Gasteiger partial charge < -0.3 is 10.6 Å². The van der Waals surface area contributed by atoms with Crippen LogP contribution in [-0.2, 0) is 4.79 Å². The SMILES string of the molecule is C[C@@H](N)C(=O)N1CCSC2(CCCCC2)C1. The van der Waals surface area contributed by atoms with Crippen molar-refractivity contribution in [3.8, 4) is 0 Å². The molecule has 0 unspecified atom stereocenters. The fourth-order valence-corrected chi connectivity index (χ4v) is 4.39. The molecule has 2 N–H and O–H groups in total. The van der Waals surface area contributed by atoms with Gasteiger partial charge in [-0.05, 0) is 19.8 Å². The van der Waals surface area contributed by atoms with Crippen molar-refractivity contribution in [2.75, 3.05) is 18.8 Å². The van der Waals surface area contributed by atoms with Crippen LogP contribution in [0.1, 0.15) is 39.0 Å². The van der Waals surface area contributed by atoms with E-state index < -0.39 is 0 Å². The largest absolute Gasteiger partial charge is 0.339 e. The first-order valence-electron chi connectivity index (χ1n) is 6.31. The molecule has 92 valence electrons. The molecular formula is C12H22N2OS. The molecule has 2 rings (SSSR count). The number of nitrogens with two attached hydrogens (primary N) is 1. The monoisotopic (exact) mass is 242 g/mol. The quantitative estimate of drug-likeness (QED) is 0.760. The summed E-state index contributed by atoms with van der Waals surface area (Å²) in [4.78, 5) is 13.9. The third kappa shape index (κ3) is 2.54. The highest BCUT2D eigenvalue weighted by Crippen LogP contribution is 2.42. The lowest BCUT2D eigenvalue weighted by molar-refractivity contribution is -0.132. The van der Waals surface area contributed by atoms with Crippen LogP contribution in [0.2, 0.25) is 0 Å². The van der Waals surface area contributed by atoms with Crippen LogP contribution in [0, 0.1) is 0 Å². The van der Waals surface area contributed by atoms with Gasteiger partial charge in [-0.2, -0.15) is 11.8 Å². The second-order valence-electron chi connectivity index (χ2n) is 5.14. The van der Waals surface area contributed by atoms with Crippen molar-refractivity contribution in [3.05, 3.63) is 0 Å². The fraction of sp³-hybridized carbons (Fsp3) is 0.917. The molecule has 1 saturated carbocycles. The Morgan fingerprint density at radius 3 is 2.69 bits per heavy atom. The zero-order valence-electron chi connectivity index (χ0n) is 10.1. The Hall–Kier alpha value is -0.220. The van der Waals surface area contributed by atoms with Gasteiger partial charge in [-0.15, -0.1) is 0 Å². The Labute approximate surface area is 102 Å². The van der Waals surface area contributed by atoms with Gasteiger partial charge in [-0.1, -0.05) is 19.3 Å². The minimum absolute atomic E-state index is 0.130. The minimum atomic E-state index is -0.344. The lowest BCUT2D eigenvalue weighted by atomic mass is 9.87. The molecule has 2 fully saturated rings. The molecule has 3 nitrogen and oxygen atoms in total. The molecule has 16 heavy (non-hydrogen) atoms. The molecule has 0 aromatic carbocycles. The molecular weight excluding hydrogens is 220 g/mol. The number of thioether (sulfide) groups is 1. The predicted molar refractivity (Wildman–Crippen MR) is 68.5 cm³/mol. The normalized spacial score (nSPS) is 26.8. The van der Waals surface area contributed by atoms with E-state index in [4.69, 9.17) is 5.73 Å². The van der Waals surface area contributed by atoms with Crippen molar-refractivity contribution in [1.82, 2.24) is 4.90 Å². The molecule has 0 aromatic rings. The van der Waals surface area contributed by atoms with Gasteiger partial charge in [0, 0.05) is 23.6 Å². The molecule has 1 amide bonds. The summed E-state index contributed by atoms with van der Waals surface area (Å²) >= 11 is 2.08. The molecule has 1 aliphatic carbocycles. The van der Waals surface area contributed by atoms with Gasteiger partial charge in [0.25, 0.3) is 0 Å². The molecule has 2 aliphatic rings. The first-order valence-corrected chi connectivity index (χ1v) is 7.30. The molecule has 4 heteroatoms. The predicted octanol–water partition coefficient (Wildman–Crippen LogP) is 1.61. The van der Waals surface area contributed by atoms with Gasteiger partial charge in [-0.3, -0.25) is 4.79 Å². The Morgan fingerprint density at radius 1 is 1.38 bits per heavy atom. The van der Waals surface area contributed by atoms with E-state index in [2.05, 4.69) is 11.8 Å². The summed E-state index contributed by atoms with van der Waals surface area (Å²) in [5.41, 5.74) is 5.69. The highest BCUT2D eigenvalue weighted by molar-refractivity contribution is 8.00. The van der Waals surface area contributed by atoms with Crippen molar-refractivity contribution in [2.45, 2.75) is 49.8 Å². The van der Waals surface area contributed by atoms with E-state index in [0.717, 1.165) is 18.8 Å². The second kappa shape index (κ2) is 4.96. The van der Waals surface area contributed by atoms with Crippen LogP contribution >= 0.6 is 11.8 Å². The first kappa shape index (κ1) is 12.2. The standard InChI is InChI=1S/C12H22N2OS/c1-10(13)11(15)14-7-8-16-12(9-14)5-3-2-4-6-12/h10H,2-9,13H2,1H3/t10-/m1/s1. The summed E-state index contributed by atoms with van der Waals surface area (Å²) in [6.45, 7) is 3.60. The van der Waals surface area contributed by atoms with Crippen LogP contribution in [0.15, 0.2) is 0 Å². The van der Waals surface area contributed by atoms with Crippen LogP contribution < -0.4 is 5.73 Å². The molecule has 0 bridgehead atoms. The number of rotatable bonds is 1. The Bertz CT molecular complexity index is 256. The number of hydrogen-bond acceptors (Lipinski definition) is 3. The lowest BCUT2D eigenvalue weighted by Gasteiger charge is -2.45. The van der Waals surface area contributed by atoms with Crippen molar-refractivity contribution >= 4 is 17.7 Å². The summed E-state index contributed by atoms with van der Waals surface area (Å²) in [5.74, 6) is 1.21.